The molecule has 1 aliphatic rings. The van der Waals surface area contributed by atoms with Gasteiger partial charge in [-0.05, 0) is 19.8 Å². The Balaban J connectivity index is 1.92. The van der Waals surface area contributed by atoms with E-state index in [1.807, 2.05) is 6.92 Å². The molecule has 1 aromatic rings. The van der Waals surface area contributed by atoms with E-state index in [-0.39, 0.29) is 6.61 Å². The zero-order valence-electron chi connectivity index (χ0n) is 8.43. The fourth-order valence-electron chi connectivity index (χ4n) is 1.40. The summed E-state index contributed by atoms with van der Waals surface area (Å²) in [5.41, 5.74) is 0.994. The van der Waals surface area contributed by atoms with Crippen LogP contribution >= 0.6 is 11.3 Å². The van der Waals surface area contributed by atoms with Crippen LogP contribution in [0.2, 0.25) is 0 Å². The SMILES string of the molecule is Cc1nc(C2CC2)sc1CCO[N+](=O)[O-]. The first-order valence-electron chi connectivity index (χ1n) is 4.90. The van der Waals surface area contributed by atoms with Crippen LogP contribution in [0.5, 0.6) is 0 Å². The van der Waals surface area contributed by atoms with E-state index in [2.05, 4.69) is 9.82 Å². The van der Waals surface area contributed by atoms with Crippen LogP contribution in [-0.4, -0.2) is 16.7 Å². The van der Waals surface area contributed by atoms with E-state index in [0.717, 1.165) is 10.6 Å². The maximum absolute atomic E-state index is 9.97. The molecule has 1 heterocycles. The highest BCUT2D eigenvalue weighted by molar-refractivity contribution is 7.11. The number of aromatic nitrogens is 1. The van der Waals surface area contributed by atoms with Gasteiger partial charge in [-0.2, -0.15) is 0 Å². The van der Waals surface area contributed by atoms with E-state index in [0.29, 0.717) is 12.3 Å². The standard InChI is InChI=1S/C9H12N2O3S/c1-6-8(4-5-14-11(12)13)15-9(10-6)7-2-3-7/h7H,2-5H2,1H3. The van der Waals surface area contributed by atoms with Crippen molar-refractivity contribution in [3.8, 4) is 0 Å². The van der Waals surface area contributed by atoms with Gasteiger partial charge in [0.25, 0.3) is 5.09 Å². The van der Waals surface area contributed by atoms with Gasteiger partial charge in [-0.25, -0.2) is 4.98 Å². The van der Waals surface area contributed by atoms with Gasteiger partial charge >= 0.3 is 0 Å². The van der Waals surface area contributed by atoms with Crippen LogP contribution in [0.3, 0.4) is 0 Å². The first-order chi connectivity index (χ1) is 7.16. The minimum Gasteiger partial charge on any atom is -0.314 e. The highest BCUT2D eigenvalue weighted by Crippen LogP contribution is 2.42. The van der Waals surface area contributed by atoms with E-state index in [1.165, 1.54) is 17.8 Å². The van der Waals surface area contributed by atoms with E-state index >= 15 is 0 Å². The molecule has 0 amide bonds. The number of nitrogens with zero attached hydrogens (tertiary/aromatic N) is 2. The fourth-order valence-corrected chi connectivity index (χ4v) is 2.62. The van der Waals surface area contributed by atoms with Crippen LogP contribution in [0.25, 0.3) is 0 Å². The van der Waals surface area contributed by atoms with Gasteiger partial charge in [0.2, 0.25) is 0 Å². The minimum absolute atomic E-state index is 0.125. The predicted octanol–water partition coefficient (Wildman–Crippen LogP) is 2.08. The normalized spacial score (nSPS) is 15.3. The maximum Gasteiger partial charge on any atom is 0.294 e. The number of aryl methyl sites for hydroxylation is 1. The Morgan fingerprint density at radius 3 is 3.00 bits per heavy atom. The average Bonchev–Trinajstić information content (AvgIpc) is 2.93. The summed E-state index contributed by atoms with van der Waals surface area (Å²) in [5, 5.41) is 10.4. The molecule has 0 aliphatic heterocycles. The van der Waals surface area contributed by atoms with Crippen molar-refractivity contribution >= 4 is 11.3 Å². The summed E-state index contributed by atoms with van der Waals surface area (Å²) in [6.07, 6.45) is 3.05. The highest BCUT2D eigenvalue weighted by atomic mass is 32.1. The largest absolute Gasteiger partial charge is 0.314 e. The molecule has 82 valence electrons. The van der Waals surface area contributed by atoms with Crippen molar-refractivity contribution in [3.63, 3.8) is 0 Å². The van der Waals surface area contributed by atoms with E-state index in [1.54, 1.807) is 11.3 Å². The second kappa shape index (κ2) is 4.14. The van der Waals surface area contributed by atoms with Gasteiger partial charge in [0.15, 0.2) is 0 Å². The average molecular weight is 228 g/mol. The van der Waals surface area contributed by atoms with Gasteiger partial charge in [0.1, 0.15) is 6.61 Å². The summed E-state index contributed by atoms with van der Waals surface area (Å²) in [5.74, 6) is 0.652. The lowest BCUT2D eigenvalue weighted by Crippen LogP contribution is -2.04. The second-order valence-corrected chi connectivity index (χ2v) is 4.76. The molecule has 0 unspecified atom stereocenters. The zero-order chi connectivity index (χ0) is 10.8. The summed E-state index contributed by atoms with van der Waals surface area (Å²) >= 11 is 1.67. The van der Waals surface area contributed by atoms with Crippen molar-refractivity contribution in [1.29, 1.82) is 0 Å². The Kier molecular flexibility index (Phi) is 2.86. The molecule has 0 spiro atoms. The van der Waals surface area contributed by atoms with Gasteiger partial charge in [-0.3, -0.25) is 0 Å². The maximum atomic E-state index is 9.97. The Morgan fingerprint density at radius 2 is 2.40 bits per heavy atom. The molecule has 0 atom stereocenters. The lowest BCUT2D eigenvalue weighted by Gasteiger charge is -1.96. The summed E-state index contributed by atoms with van der Waals surface area (Å²) in [6.45, 7) is 2.07. The molecular weight excluding hydrogens is 216 g/mol. The lowest BCUT2D eigenvalue weighted by molar-refractivity contribution is -0.757. The quantitative estimate of drug-likeness (QED) is 0.571. The molecule has 1 saturated carbocycles. The van der Waals surface area contributed by atoms with Gasteiger partial charge < -0.3 is 4.84 Å². The molecule has 1 aromatic heterocycles. The first kappa shape index (κ1) is 10.4. The topological polar surface area (TPSA) is 65.3 Å². The Labute approximate surface area is 91.2 Å². The molecule has 0 bridgehead atoms. The highest BCUT2D eigenvalue weighted by Gasteiger charge is 2.27. The Morgan fingerprint density at radius 1 is 1.67 bits per heavy atom. The number of rotatable bonds is 5. The summed E-state index contributed by atoms with van der Waals surface area (Å²) in [7, 11) is 0. The van der Waals surface area contributed by atoms with Gasteiger partial charge in [-0.15, -0.1) is 21.5 Å². The van der Waals surface area contributed by atoms with Crippen molar-refractivity contribution in [2.75, 3.05) is 6.61 Å². The third kappa shape index (κ3) is 2.65. The Bertz CT molecular complexity index is 373. The number of hydrogen-bond donors (Lipinski definition) is 0. The molecule has 0 N–H and O–H groups in total. The van der Waals surface area contributed by atoms with E-state index < -0.39 is 5.09 Å². The fraction of sp³-hybridized carbons (Fsp3) is 0.667. The van der Waals surface area contributed by atoms with Crippen molar-refractivity contribution in [2.45, 2.75) is 32.1 Å². The van der Waals surface area contributed by atoms with Gasteiger partial charge in [0, 0.05) is 17.2 Å². The summed E-state index contributed by atoms with van der Waals surface area (Å²) in [4.78, 5) is 19.8. The number of thiazole rings is 1. The van der Waals surface area contributed by atoms with Crippen molar-refractivity contribution in [1.82, 2.24) is 4.98 Å². The van der Waals surface area contributed by atoms with E-state index in [4.69, 9.17) is 0 Å². The molecule has 6 heteroatoms. The molecule has 2 rings (SSSR count). The zero-order valence-corrected chi connectivity index (χ0v) is 9.25. The van der Waals surface area contributed by atoms with Crippen molar-refractivity contribution in [3.05, 3.63) is 25.7 Å². The van der Waals surface area contributed by atoms with Crippen LogP contribution in [-0.2, 0) is 11.3 Å². The third-order valence-corrected chi connectivity index (χ3v) is 3.74. The first-order valence-corrected chi connectivity index (χ1v) is 5.72. The van der Waals surface area contributed by atoms with Crippen molar-refractivity contribution in [2.24, 2.45) is 0 Å². The molecular formula is C9H12N2O3S. The van der Waals surface area contributed by atoms with Crippen LogP contribution in [0.1, 0.15) is 34.3 Å². The van der Waals surface area contributed by atoms with E-state index in [9.17, 15) is 10.1 Å². The third-order valence-electron chi connectivity index (χ3n) is 2.36. The molecule has 0 saturated heterocycles. The van der Waals surface area contributed by atoms with Crippen LogP contribution in [0.15, 0.2) is 0 Å². The van der Waals surface area contributed by atoms with Crippen LogP contribution in [0.4, 0.5) is 0 Å². The molecule has 0 aromatic carbocycles. The van der Waals surface area contributed by atoms with Gasteiger partial charge in [-0.1, -0.05) is 0 Å². The number of hydrogen-bond acceptors (Lipinski definition) is 5. The second-order valence-electron chi connectivity index (χ2n) is 3.64. The molecule has 15 heavy (non-hydrogen) atoms. The lowest BCUT2D eigenvalue weighted by atomic mass is 10.3. The van der Waals surface area contributed by atoms with Crippen LogP contribution < -0.4 is 0 Å². The van der Waals surface area contributed by atoms with Crippen molar-refractivity contribution < 1.29 is 9.92 Å². The minimum atomic E-state index is -0.752. The monoisotopic (exact) mass is 228 g/mol. The summed E-state index contributed by atoms with van der Waals surface area (Å²) in [6, 6.07) is 0. The van der Waals surface area contributed by atoms with Gasteiger partial charge in [0.05, 0.1) is 10.7 Å². The summed E-state index contributed by atoms with van der Waals surface area (Å²) < 4.78 is 0. The predicted molar refractivity (Wildman–Crippen MR) is 55.5 cm³/mol. The van der Waals surface area contributed by atoms with Crippen LogP contribution in [0, 0.1) is 17.0 Å². The molecule has 5 nitrogen and oxygen atoms in total. The Hall–Kier alpha value is -1.17. The smallest absolute Gasteiger partial charge is 0.294 e. The molecule has 1 fully saturated rings. The molecule has 0 radical (unpaired) electrons. The molecule has 1 aliphatic carbocycles.